The quantitative estimate of drug-likeness (QED) is 0.464. The average molecular weight is 438 g/mol. The van der Waals surface area contributed by atoms with Gasteiger partial charge >= 0.3 is 6.18 Å². The number of hydrogen-bond acceptors (Lipinski definition) is 2. The molecular formula is C24H27ClF3NO. The second-order valence-corrected chi connectivity index (χ2v) is 7.52. The molecule has 0 aromatic heterocycles. The summed E-state index contributed by atoms with van der Waals surface area (Å²) in [6, 6.07) is 13.3. The molecule has 2 aromatic carbocycles. The fraction of sp³-hybridized carbons (Fsp3) is 0.375. The Kier molecular flexibility index (Phi) is 8.68. The molecule has 3 rings (SSSR count). The smallest absolute Gasteiger partial charge is 0.293 e. The zero-order chi connectivity index (χ0) is 20.9. The summed E-state index contributed by atoms with van der Waals surface area (Å²) in [7, 11) is 0. The third kappa shape index (κ3) is 6.44. The normalized spacial score (nSPS) is 14.7. The molecule has 0 saturated heterocycles. The van der Waals surface area contributed by atoms with Crippen LogP contribution in [0.4, 0.5) is 13.2 Å². The average Bonchev–Trinajstić information content (AvgIpc) is 2.72. The lowest BCUT2D eigenvalue weighted by Crippen LogP contribution is -2.33. The summed E-state index contributed by atoms with van der Waals surface area (Å²) in [5, 5.41) is 0. The number of benzene rings is 2. The first-order chi connectivity index (χ1) is 13.9. The van der Waals surface area contributed by atoms with Crippen LogP contribution in [0, 0.1) is 0 Å². The zero-order valence-electron chi connectivity index (χ0n) is 17.0. The molecule has 0 spiro atoms. The Morgan fingerprint density at radius 1 is 1.10 bits per heavy atom. The van der Waals surface area contributed by atoms with Crippen molar-refractivity contribution in [2.24, 2.45) is 0 Å². The van der Waals surface area contributed by atoms with E-state index in [-0.39, 0.29) is 18.2 Å². The zero-order valence-corrected chi connectivity index (χ0v) is 17.9. The Morgan fingerprint density at radius 2 is 1.83 bits per heavy atom. The number of aryl methyl sites for hydroxylation is 1. The lowest BCUT2D eigenvalue weighted by Gasteiger charge is -2.26. The first-order valence-electron chi connectivity index (χ1n) is 10.1. The predicted octanol–water partition coefficient (Wildman–Crippen LogP) is 6.44. The maximum atomic E-state index is 12.9. The highest BCUT2D eigenvalue weighted by molar-refractivity contribution is 5.97. The standard InChI is InChI=1S/C24H26F3NO.ClH/c1-2-3-5-18-8-10-20(11-9-18)23(29)17-28-14-12-19(13-15-28)21-6-4-7-22(16-21)24(25,26)27;/h4,6-12,16H,2-3,5,13-15,17H2,1H3;1H. The van der Waals surface area contributed by atoms with Gasteiger partial charge in [-0.25, -0.2) is 0 Å². The highest BCUT2D eigenvalue weighted by Crippen LogP contribution is 2.32. The number of halogens is 4. The molecule has 0 fully saturated rings. The summed E-state index contributed by atoms with van der Waals surface area (Å²) in [6.45, 7) is 3.69. The van der Waals surface area contributed by atoms with Crippen molar-refractivity contribution in [2.75, 3.05) is 19.6 Å². The monoisotopic (exact) mass is 437 g/mol. The molecule has 0 bridgehead atoms. The third-order valence-electron chi connectivity index (χ3n) is 5.32. The minimum atomic E-state index is -4.34. The van der Waals surface area contributed by atoms with Crippen molar-refractivity contribution in [2.45, 2.75) is 38.8 Å². The van der Waals surface area contributed by atoms with E-state index in [1.54, 1.807) is 6.07 Å². The number of carbonyl (C=O) groups excluding carboxylic acids is 1. The first-order valence-corrected chi connectivity index (χ1v) is 10.1. The number of hydrogen-bond donors (Lipinski definition) is 0. The van der Waals surface area contributed by atoms with Crippen molar-refractivity contribution in [3.63, 3.8) is 0 Å². The number of Topliss-reactive ketones (excluding diaryl/α,β-unsaturated/α-hetero) is 1. The number of alkyl halides is 3. The van der Waals surface area contributed by atoms with Crippen molar-refractivity contribution in [3.05, 3.63) is 76.9 Å². The molecule has 1 heterocycles. The molecule has 1 aliphatic heterocycles. The molecule has 0 unspecified atom stereocenters. The number of carbonyl (C=O) groups is 1. The summed E-state index contributed by atoms with van der Waals surface area (Å²) in [4.78, 5) is 14.6. The van der Waals surface area contributed by atoms with Gasteiger partial charge in [0.1, 0.15) is 0 Å². The Morgan fingerprint density at radius 3 is 2.43 bits per heavy atom. The Hall–Kier alpha value is -2.11. The van der Waals surface area contributed by atoms with Crippen LogP contribution in [0.25, 0.3) is 5.57 Å². The van der Waals surface area contributed by atoms with Crippen LogP contribution in [0.15, 0.2) is 54.6 Å². The molecule has 0 N–H and O–H groups in total. The van der Waals surface area contributed by atoms with E-state index in [9.17, 15) is 18.0 Å². The van der Waals surface area contributed by atoms with Crippen molar-refractivity contribution in [1.29, 1.82) is 0 Å². The highest BCUT2D eigenvalue weighted by Gasteiger charge is 2.30. The topological polar surface area (TPSA) is 20.3 Å². The molecule has 0 amide bonds. The molecule has 0 atom stereocenters. The van der Waals surface area contributed by atoms with E-state index in [4.69, 9.17) is 0 Å². The Bertz CT molecular complexity index is 875. The van der Waals surface area contributed by atoms with Crippen LogP contribution in [-0.2, 0) is 12.6 Å². The lowest BCUT2D eigenvalue weighted by molar-refractivity contribution is -0.137. The fourth-order valence-electron chi connectivity index (χ4n) is 3.54. The van der Waals surface area contributed by atoms with E-state index in [2.05, 4.69) is 6.92 Å². The van der Waals surface area contributed by atoms with Gasteiger partial charge in [-0.2, -0.15) is 13.2 Å². The van der Waals surface area contributed by atoms with Gasteiger partial charge < -0.3 is 0 Å². The van der Waals surface area contributed by atoms with Crippen LogP contribution in [-0.4, -0.2) is 30.3 Å². The van der Waals surface area contributed by atoms with Crippen molar-refractivity contribution in [1.82, 2.24) is 4.90 Å². The molecule has 0 saturated carbocycles. The molecule has 162 valence electrons. The molecule has 0 radical (unpaired) electrons. The van der Waals surface area contributed by atoms with Gasteiger partial charge in [0.25, 0.3) is 0 Å². The fourth-order valence-corrected chi connectivity index (χ4v) is 3.54. The Labute approximate surface area is 182 Å². The molecule has 2 nitrogen and oxygen atoms in total. The predicted molar refractivity (Wildman–Crippen MR) is 117 cm³/mol. The summed E-state index contributed by atoms with van der Waals surface area (Å²) in [5.41, 5.74) is 2.83. The third-order valence-corrected chi connectivity index (χ3v) is 5.32. The largest absolute Gasteiger partial charge is 0.416 e. The highest BCUT2D eigenvalue weighted by atomic mass is 35.5. The van der Waals surface area contributed by atoms with E-state index in [0.29, 0.717) is 37.2 Å². The number of ketones is 1. The van der Waals surface area contributed by atoms with Crippen LogP contribution in [0.2, 0.25) is 0 Å². The molecule has 30 heavy (non-hydrogen) atoms. The summed E-state index contributed by atoms with van der Waals surface area (Å²) < 4.78 is 38.8. The lowest BCUT2D eigenvalue weighted by atomic mass is 9.97. The van der Waals surface area contributed by atoms with E-state index >= 15 is 0 Å². The van der Waals surface area contributed by atoms with E-state index in [1.165, 1.54) is 17.7 Å². The van der Waals surface area contributed by atoms with Crippen LogP contribution >= 0.6 is 12.4 Å². The van der Waals surface area contributed by atoms with Gasteiger partial charge in [0.2, 0.25) is 0 Å². The van der Waals surface area contributed by atoms with Crippen LogP contribution < -0.4 is 0 Å². The SMILES string of the molecule is CCCCc1ccc(C(=O)CN2CC=C(c3cccc(C(F)(F)F)c3)CC2)cc1.Cl. The number of rotatable bonds is 7. The van der Waals surface area contributed by atoms with Gasteiger partial charge in [-0.3, -0.25) is 9.69 Å². The van der Waals surface area contributed by atoms with E-state index in [0.717, 1.165) is 30.9 Å². The van der Waals surface area contributed by atoms with Crippen molar-refractivity contribution in [3.8, 4) is 0 Å². The van der Waals surface area contributed by atoms with Crippen LogP contribution in [0.1, 0.15) is 53.2 Å². The van der Waals surface area contributed by atoms with Gasteiger partial charge in [-0.1, -0.05) is 55.8 Å². The first kappa shape index (κ1) is 24.2. The summed E-state index contributed by atoms with van der Waals surface area (Å²) in [5.74, 6) is 0.0722. The molecule has 6 heteroatoms. The minimum Gasteiger partial charge on any atom is -0.293 e. The number of nitrogens with zero attached hydrogens (tertiary/aromatic N) is 1. The molecule has 1 aliphatic rings. The maximum absolute atomic E-state index is 12.9. The van der Waals surface area contributed by atoms with Gasteiger partial charge in [0.15, 0.2) is 5.78 Å². The van der Waals surface area contributed by atoms with Crippen molar-refractivity contribution >= 4 is 23.8 Å². The van der Waals surface area contributed by atoms with Crippen molar-refractivity contribution < 1.29 is 18.0 Å². The molecule has 2 aromatic rings. The van der Waals surface area contributed by atoms with Gasteiger partial charge in [-0.15, -0.1) is 12.4 Å². The summed E-state index contributed by atoms with van der Waals surface area (Å²) in [6.07, 6.45) is 1.54. The minimum absolute atomic E-state index is 0. The van der Waals surface area contributed by atoms with Crippen LogP contribution in [0.5, 0.6) is 0 Å². The summed E-state index contributed by atoms with van der Waals surface area (Å²) >= 11 is 0. The van der Waals surface area contributed by atoms with E-state index < -0.39 is 11.7 Å². The second-order valence-electron chi connectivity index (χ2n) is 7.52. The Balaban J connectivity index is 0.00000320. The number of unbranched alkanes of at least 4 members (excludes halogenated alkanes) is 1. The second kappa shape index (κ2) is 10.8. The molecule has 0 aliphatic carbocycles. The van der Waals surface area contributed by atoms with Gasteiger partial charge in [-0.05, 0) is 48.1 Å². The van der Waals surface area contributed by atoms with Crippen LogP contribution in [0.3, 0.4) is 0 Å². The van der Waals surface area contributed by atoms with Gasteiger partial charge in [0, 0.05) is 18.7 Å². The maximum Gasteiger partial charge on any atom is 0.416 e. The molecular weight excluding hydrogens is 411 g/mol. The van der Waals surface area contributed by atoms with E-state index in [1.807, 2.05) is 35.2 Å². The van der Waals surface area contributed by atoms with Gasteiger partial charge in [0.05, 0.1) is 12.1 Å².